The third-order valence-electron chi connectivity index (χ3n) is 6.12. The maximum atomic E-state index is 13.2. The SMILES string of the molecule is COCc1nnc2c3ccccc3nc(N3CCN(C(=O)c4ccccc4C)C(C)C3)n12. The number of hydrogen-bond donors (Lipinski definition) is 0. The highest BCUT2D eigenvalue weighted by atomic mass is 16.5. The van der Waals surface area contributed by atoms with Crippen molar-refractivity contribution in [1.82, 2.24) is 24.5 Å². The van der Waals surface area contributed by atoms with Crippen molar-refractivity contribution in [2.24, 2.45) is 0 Å². The van der Waals surface area contributed by atoms with E-state index >= 15 is 0 Å². The summed E-state index contributed by atoms with van der Waals surface area (Å²) in [5.74, 6) is 1.57. The van der Waals surface area contributed by atoms with Gasteiger partial charge in [-0.1, -0.05) is 30.3 Å². The monoisotopic (exact) mass is 430 g/mol. The number of methoxy groups -OCH3 is 1. The van der Waals surface area contributed by atoms with Crippen LogP contribution in [0, 0.1) is 6.92 Å². The standard InChI is InChI=1S/C24H26N6O2/c1-16-8-4-5-9-18(16)23(31)29-13-12-28(14-17(29)2)24-25-20-11-7-6-10-19(20)22-27-26-21(15-32-3)30(22)24/h4-11,17H,12-15H2,1-3H3. The van der Waals surface area contributed by atoms with Crippen LogP contribution in [-0.2, 0) is 11.3 Å². The molecule has 1 atom stereocenters. The molecule has 1 aliphatic heterocycles. The van der Waals surface area contributed by atoms with Crippen LogP contribution >= 0.6 is 0 Å². The summed E-state index contributed by atoms with van der Waals surface area (Å²) in [5, 5.41) is 9.74. The van der Waals surface area contributed by atoms with E-state index in [-0.39, 0.29) is 11.9 Å². The summed E-state index contributed by atoms with van der Waals surface area (Å²) in [6.07, 6.45) is 0. The van der Waals surface area contributed by atoms with E-state index in [0.29, 0.717) is 32.1 Å². The average Bonchev–Trinajstić information content (AvgIpc) is 3.23. The predicted molar refractivity (Wildman–Crippen MR) is 123 cm³/mol. The Morgan fingerprint density at radius 2 is 1.88 bits per heavy atom. The number of benzene rings is 2. The molecule has 1 unspecified atom stereocenters. The molecule has 32 heavy (non-hydrogen) atoms. The Morgan fingerprint density at radius 3 is 2.66 bits per heavy atom. The van der Waals surface area contributed by atoms with E-state index in [1.165, 1.54) is 0 Å². The molecule has 2 aromatic heterocycles. The molecular formula is C24H26N6O2. The maximum absolute atomic E-state index is 13.2. The molecular weight excluding hydrogens is 404 g/mol. The number of aromatic nitrogens is 4. The molecule has 164 valence electrons. The second-order valence-corrected chi connectivity index (χ2v) is 8.25. The first-order chi connectivity index (χ1) is 15.6. The van der Waals surface area contributed by atoms with Gasteiger partial charge in [0.1, 0.15) is 6.61 Å². The van der Waals surface area contributed by atoms with Crippen LogP contribution in [0.5, 0.6) is 0 Å². The van der Waals surface area contributed by atoms with Crippen LogP contribution in [0.2, 0.25) is 0 Å². The minimum atomic E-state index is 0.0292. The first kappa shape index (κ1) is 20.4. The number of ether oxygens (including phenoxy) is 1. The van der Waals surface area contributed by atoms with Gasteiger partial charge in [-0.25, -0.2) is 9.38 Å². The van der Waals surface area contributed by atoms with Crippen LogP contribution in [0.15, 0.2) is 48.5 Å². The number of carbonyl (C=O) groups is 1. The first-order valence-electron chi connectivity index (χ1n) is 10.8. The Bertz CT molecular complexity index is 1300. The van der Waals surface area contributed by atoms with Gasteiger partial charge < -0.3 is 14.5 Å². The number of fused-ring (bicyclic) bond motifs is 3. The largest absolute Gasteiger partial charge is 0.377 e. The van der Waals surface area contributed by atoms with Gasteiger partial charge in [-0.05, 0) is 37.6 Å². The molecule has 5 rings (SSSR count). The summed E-state index contributed by atoms with van der Waals surface area (Å²) in [6, 6.07) is 15.7. The third kappa shape index (κ3) is 3.36. The smallest absolute Gasteiger partial charge is 0.254 e. The highest BCUT2D eigenvalue weighted by Crippen LogP contribution is 2.26. The van der Waals surface area contributed by atoms with Gasteiger partial charge in [0.2, 0.25) is 5.95 Å². The van der Waals surface area contributed by atoms with Crippen molar-refractivity contribution < 1.29 is 9.53 Å². The van der Waals surface area contributed by atoms with Gasteiger partial charge in [0.15, 0.2) is 11.5 Å². The molecule has 1 aliphatic rings. The van der Waals surface area contributed by atoms with E-state index in [4.69, 9.17) is 9.72 Å². The van der Waals surface area contributed by atoms with Crippen LogP contribution < -0.4 is 4.90 Å². The maximum Gasteiger partial charge on any atom is 0.254 e. The van der Waals surface area contributed by atoms with Crippen molar-refractivity contribution in [2.45, 2.75) is 26.5 Å². The van der Waals surface area contributed by atoms with Gasteiger partial charge in [0.25, 0.3) is 5.91 Å². The Morgan fingerprint density at radius 1 is 1.09 bits per heavy atom. The van der Waals surface area contributed by atoms with Crippen LogP contribution in [0.3, 0.4) is 0 Å². The number of rotatable bonds is 4. The van der Waals surface area contributed by atoms with Gasteiger partial charge in [-0.15, -0.1) is 10.2 Å². The number of hydrogen-bond acceptors (Lipinski definition) is 6. The summed E-state index contributed by atoms with van der Waals surface area (Å²) < 4.78 is 7.34. The number of anilines is 1. The van der Waals surface area contributed by atoms with Crippen LogP contribution in [0.4, 0.5) is 5.95 Å². The fourth-order valence-electron chi connectivity index (χ4n) is 4.46. The number of para-hydroxylation sites is 1. The van der Waals surface area contributed by atoms with E-state index in [9.17, 15) is 4.79 Å². The minimum Gasteiger partial charge on any atom is -0.377 e. The lowest BCUT2D eigenvalue weighted by molar-refractivity contribution is 0.0672. The van der Waals surface area contributed by atoms with Gasteiger partial charge >= 0.3 is 0 Å². The molecule has 0 radical (unpaired) electrons. The lowest BCUT2D eigenvalue weighted by Gasteiger charge is -2.40. The molecule has 0 N–H and O–H groups in total. The van der Waals surface area contributed by atoms with Crippen LogP contribution in [0.1, 0.15) is 28.7 Å². The number of aryl methyl sites for hydroxylation is 1. The molecule has 4 aromatic rings. The molecule has 2 aromatic carbocycles. The van der Waals surface area contributed by atoms with Crippen molar-refractivity contribution in [2.75, 3.05) is 31.6 Å². The molecule has 3 heterocycles. The summed E-state index contributed by atoms with van der Waals surface area (Å²) in [7, 11) is 1.65. The summed E-state index contributed by atoms with van der Waals surface area (Å²) in [4.78, 5) is 22.4. The lowest BCUT2D eigenvalue weighted by atomic mass is 10.1. The van der Waals surface area contributed by atoms with Crippen molar-refractivity contribution >= 4 is 28.4 Å². The summed E-state index contributed by atoms with van der Waals surface area (Å²) in [6.45, 7) is 6.37. The first-order valence-corrected chi connectivity index (χ1v) is 10.8. The fourth-order valence-corrected chi connectivity index (χ4v) is 4.46. The zero-order valence-electron chi connectivity index (χ0n) is 18.5. The molecule has 8 heteroatoms. The van der Waals surface area contributed by atoms with E-state index in [1.54, 1.807) is 7.11 Å². The average molecular weight is 431 g/mol. The molecule has 0 bridgehead atoms. The molecule has 0 aliphatic carbocycles. The highest BCUT2D eigenvalue weighted by Gasteiger charge is 2.31. The van der Waals surface area contributed by atoms with Gasteiger partial charge in [0.05, 0.1) is 5.52 Å². The number of amides is 1. The Hall–Kier alpha value is -3.52. The van der Waals surface area contributed by atoms with E-state index < -0.39 is 0 Å². The highest BCUT2D eigenvalue weighted by molar-refractivity contribution is 5.96. The van der Waals surface area contributed by atoms with Crippen molar-refractivity contribution in [3.63, 3.8) is 0 Å². The Balaban J connectivity index is 1.50. The van der Waals surface area contributed by atoms with Crippen molar-refractivity contribution in [1.29, 1.82) is 0 Å². The zero-order valence-corrected chi connectivity index (χ0v) is 18.5. The molecule has 8 nitrogen and oxygen atoms in total. The topological polar surface area (TPSA) is 75.9 Å². The van der Waals surface area contributed by atoms with Gasteiger partial charge in [0, 0.05) is 43.7 Å². The normalized spacial score (nSPS) is 16.8. The molecule has 1 fully saturated rings. The molecule has 0 spiro atoms. The third-order valence-corrected chi connectivity index (χ3v) is 6.12. The molecule has 1 amide bonds. The van der Waals surface area contributed by atoms with E-state index in [1.807, 2.05) is 64.8 Å². The zero-order chi connectivity index (χ0) is 22.2. The van der Waals surface area contributed by atoms with Gasteiger partial charge in [-0.3, -0.25) is 4.79 Å². The molecule has 1 saturated heterocycles. The van der Waals surface area contributed by atoms with Gasteiger partial charge in [-0.2, -0.15) is 0 Å². The summed E-state index contributed by atoms with van der Waals surface area (Å²) in [5.41, 5.74) is 3.40. The second kappa shape index (κ2) is 8.20. The lowest BCUT2D eigenvalue weighted by Crippen LogP contribution is -2.54. The number of nitrogens with zero attached hydrogens (tertiary/aromatic N) is 6. The quantitative estimate of drug-likeness (QED) is 0.495. The number of piperazine rings is 1. The number of carbonyl (C=O) groups excluding carboxylic acids is 1. The van der Waals surface area contributed by atoms with Crippen LogP contribution in [-0.4, -0.2) is 63.2 Å². The second-order valence-electron chi connectivity index (χ2n) is 8.25. The minimum absolute atomic E-state index is 0.0292. The Kier molecular flexibility index (Phi) is 5.22. The molecule has 0 saturated carbocycles. The predicted octanol–water partition coefficient (Wildman–Crippen LogP) is 3.08. The fraction of sp³-hybridized carbons (Fsp3) is 0.333. The van der Waals surface area contributed by atoms with Crippen molar-refractivity contribution in [3.8, 4) is 0 Å². The van der Waals surface area contributed by atoms with E-state index in [0.717, 1.165) is 33.6 Å². The Labute approximate surface area is 186 Å². The van der Waals surface area contributed by atoms with Crippen molar-refractivity contribution in [3.05, 3.63) is 65.5 Å². The summed E-state index contributed by atoms with van der Waals surface area (Å²) >= 11 is 0. The van der Waals surface area contributed by atoms with E-state index in [2.05, 4.69) is 22.0 Å². The van der Waals surface area contributed by atoms with Crippen LogP contribution in [0.25, 0.3) is 16.6 Å².